The van der Waals surface area contributed by atoms with Crippen molar-refractivity contribution in [1.29, 1.82) is 5.26 Å². The van der Waals surface area contributed by atoms with E-state index in [0.29, 0.717) is 5.92 Å². The van der Waals surface area contributed by atoms with Crippen molar-refractivity contribution in [1.82, 2.24) is 0 Å². The molecule has 2 rings (SSSR count). The summed E-state index contributed by atoms with van der Waals surface area (Å²) in [5.41, 5.74) is 1.09. The fraction of sp³-hybridized carbons (Fsp3) is 0.500. The first-order valence-electron chi connectivity index (χ1n) is 6.30. The number of benzene rings is 1. The van der Waals surface area contributed by atoms with Crippen molar-refractivity contribution in [2.24, 2.45) is 5.92 Å². The second-order valence-corrected chi connectivity index (χ2v) is 4.41. The first kappa shape index (κ1) is 12.7. The van der Waals surface area contributed by atoms with Gasteiger partial charge >= 0.3 is 0 Å². The number of hydrogen-bond donors (Lipinski definition) is 1. The molecule has 0 unspecified atom stereocenters. The van der Waals surface area contributed by atoms with Crippen LogP contribution in [-0.4, -0.2) is 26.4 Å². The smallest absolute Gasteiger partial charge is 0.174 e. The van der Waals surface area contributed by atoms with Crippen LogP contribution in [-0.2, 0) is 4.74 Å². The monoisotopic (exact) mass is 246 g/mol. The molecular weight excluding hydrogens is 228 g/mol. The number of rotatable bonds is 5. The van der Waals surface area contributed by atoms with Crippen LogP contribution in [0.4, 0.5) is 5.69 Å². The van der Waals surface area contributed by atoms with Crippen LogP contribution in [0.2, 0.25) is 0 Å². The van der Waals surface area contributed by atoms with Gasteiger partial charge in [0.1, 0.15) is 11.8 Å². The maximum Gasteiger partial charge on any atom is 0.174 e. The minimum atomic E-state index is 0.0921. The van der Waals surface area contributed by atoms with Gasteiger partial charge in [0.15, 0.2) is 6.61 Å². The molecule has 0 amide bonds. The van der Waals surface area contributed by atoms with Gasteiger partial charge in [-0.25, -0.2) is 0 Å². The van der Waals surface area contributed by atoms with Gasteiger partial charge < -0.3 is 14.8 Å². The molecule has 1 aliphatic rings. The molecular formula is C14H18N2O2. The second kappa shape index (κ2) is 6.87. The summed E-state index contributed by atoms with van der Waals surface area (Å²) in [5, 5.41) is 11.8. The highest BCUT2D eigenvalue weighted by Gasteiger charge is 2.12. The zero-order chi connectivity index (χ0) is 12.6. The molecule has 0 saturated carbocycles. The molecule has 18 heavy (non-hydrogen) atoms. The normalized spacial score (nSPS) is 15.9. The first-order chi connectivity index (χ1) is 8.88. The fourth-order valence-corrected chi connectivity index (χ4v) is 2.00. The maximum atomic E-state index is 8.41. The summed E-state index contributed by atoms with van der Waals surface area (Å²) >= 11 is 0. The van der Waals surface area contributed by atoms with Gasteiger partial charge in [0.2, 0.25) is 0 Å². The Labute approximate surface area is 108 Å². The van der Waals surface area contributed by atoms with Gasteiger partial charge in [0.25, 0.3) is 0 Å². The third-order valence-corrected chi connectivity index (χ3v) is 3.09. The van der Waals surface area contributed by atoms with Crippen LogP contribution >= 0.6 is 0 Å². The molecule has 1 heterocycles. The average molecular weight is 246 g/mol. The molecule has 0 bridgehead atoms. The van der Waals surface area contributed by atoms with Gasteiger partial charge in [-0.1, -0.05) is 0 Å². The number of nitriles is 1. The van der Waals surface area contributed by atoms with Crippen LogP contribution in [0.3, 0.4) is 0 Å². The van der Waals surface area contributed by atoms with Crippen molar-refractivity contribution in [3.63, 3.8) is 0 Å². The van der Waals surface area contributed by atoms with E-state index in [4.69, 9.17) is 14.7 Å². The van der Waals surface area contributed by atoms with Crippen molar-refractivity contribution in [3.05, 3.63) is 24.3 Å². The van der Waals surface area contributed by atoms with Crippen LogP contribution in [0.5, 0.6) is 5.75 Å². The first-order valence-corrected chi connectivity index (χ1v) is 6.30. The lowest BCUT2D eigenvalue weighted by molar-refractivity contribution is 0.0699. The Morgan fingerprint density at radius 2 is 2.00 bits per heavy atom. The zero-order valence-corrected chi connectivity index (χ0v) is 10.4. The van der Waals surface area contributed by atoms with Crippen LogP contribution in [0.25, 0.3) is 0 Å². The van der Waals surface area contributed by atoms with Crippen LogP contribution in [0.1, 0.15) is 12.8 Å². The molecule has 0 aromatic heterocycles. The lowest BCUT2D eigenvalue weighted by Gasteiger charge is -2.22. The highest BCUT2D eigenvalue weighted by molar-refractivity contribution is 5.46. The molecule has 1 saturated heterocycles. The van der Waals surface area contributed by atoms with Crippen LogP contribution in [0, 0.1) is 17.2 Å². The van der Waals surface area contributed by atoms with Crippen LogP contribution in [0.15, 0.2) is 24.3 Å². The summed E-state index contributed by atoms with van der Waals surface area (Å²) in [5.74, 6) is 1.43. The van der Waals surface area contributed by atoms with E-state index in [9.17, 15) is 0 Å². The number of anilines is 1. The van der Waals surface area contributed by atoms with Crippen molar-refractivity contribution < 1.29 is 9.47 Å². The highest BCUT2D eigenvalue weighted by Crippen LogP contribution is 2.18. The summed E-state index contributed by atoms with van der Waals surface area (Å²) in [6.07, 6.45) is 2.27. The standard InChI is InChI=1S/C14H18N2O2/c15-7-10-18-14-3-1-13(2-4-14)16-11-12-5-8-17-9-6-12/h1-4,12,16H,5-6,8-11H2. The number of ether oxygens (including phenoxy) is 2. The van der Waals surface area contributed by atoms with Gasteiger partial charge in [0.05, 0.1) is 0 Å². The molecule has 1 N–H and O–H groups in total. The molecule has 0 aliphatic carbocycles. The molecule has 1 aromatic carbocycles. The van der Waals surface area contributed by atoms with Gasteiger partial charge in [0, 0.05) is 25.4 Å². The van der Waals surface area contributed by atoms with Crippen molar-refractivity contribution in [3.8, 4) is 11.8 Å². The largest absolute Gasteiger partial charge is 0.479 e. The van der Waals surface area contributed by atoms with E-state index < -0.39 is 0 Å². The van der Waals surface area contributed by atoms with Gasteiger partial charge in [-0.3, -0.25) is 0 Å². The van der Waals surface area contributed by atoms with E-state index in [1.54, 1.807) is 0 Å². The molecule has 0 radical (unpaired) electrons. The van der Waals surface area contributed by atoms with Gasteiger partial charge in [-0.15, -0.1) is 0 Å². The Kier molecular flexibility index (Phi) is 4.86. The molecule has 4 nitrogen and oxygen atoms in total. The number of hydrogen-bond acceptors (Lipinski definition) is 4. The Balaban J connectivity index is 1.77. The Hall–Kier alpha value is -1.73. The van der Waals surface area contributed by atoms with E-state index in [1.807, 2.05) is 30.3 Å². The topological polar surface area (TPSA) is 54.3 Å². The molecule has 0 spiro atoms. The van der Waals surface area contributed by atoms with E-state index >= 15 is 0 Å². The lowest BCUT2D eigenvalue weighted by atomic mass is 10.0. The van der Waals surface area contributed by atoms with E-state index in [-0.39, 0.29) is 6.61 Å². The number of nitrogens with one attached hydrogen (secondary N) is 1. The molecule has 1 fully saturated rings. The van der Waals surface area contributed by atoms with Crippen LogP contribution < -0.4 is 10.1 Å². The van der Waals surface area contributed by atoms with Crippen molar-refractivity contribution in [2.75, 3.05) is 31.7 Å². The Morgan fingerprint density at radius 3 is 2.67 bits per heavy atom. The quantitative estimate of drug-likeness (QED) is 0.867. The predicted molar refractivity (Wildman–Crippen MR) is 69.6 cm³/mol. The number of nitrogens with zero attached hydrogens (tertiary/aromatic N) is 1. The zero-order valence-electron chi connectivity index (χ0n) is 10.4. The van der Waals surface area contributed by atoms with Gasteiger partial charge in [-0.2, -0.15) is 5.26 Å². The van der Waals surface area contributed by atoms with E-state index in [1.165, 1.54) is 0 Å². The highest BCUT2D eigenvalue weighted by atomic mass is 16.5. The lowest BCUT2D eigenvalue weighted by Crippen LogP contribution is -2.22. The molecule has 1 aromatic rings. The molecule has 96 valence electrons. The second-order valence-electron chi connectivity index (χ2n) is 4.41. The summed E-state index contributed by atoms with van der Waals surface area (Å²) in [7, 11) is 0. The SMILES string of the molecule is N#CCOc1ccc(NCC2CCOCC2)cc1. The predicted octanol–water partition coefficient (Wildman–Crippen LogP) is 2.43. The molecule has 0 atom stereocenters. The summed E-state index contributed by atoms with van der Waals surface area (Å²) in [6, 6.07) is 9.66. The van der Waals surface area contributed by atoms with Crippen molar-refractivity contribution in [2.45, 2.75) is 12.8 Å². The summed E-state index contributed by atoms with van der Waals surface area (Å²) in [6.45, 7) is 2.84. The van der Waals surface area contributed by atoms with E-state index in [0.717, 1.165) is 44.0 Å². The van der Waals surface area contributed by atoms with Crippen molar-refractivity contribution >= 4 is 5.69 Å². The van der Waals surface area contributed by atoms with E-state index in [2.05, 4.69) is 5.32 Å². The average Bonchev–Trinajstić information content (AvgIpc) is 2.45. The Bertz CT molecular complexity index is 391. The Morgan fingerprint density at radius 1 is 1.28 bits per heavy atom. The minimum absolute atomic E-state index is 0.0921. The third-order valence-electron chi connectivity index (χ3n) is 3.09. The molecule has 1 aliphatic heterocycles. The summed E-state index contributed by atoms with van der Waals surface area (Å²) in [4.78, 5) is 0. The summed E-state index contributed by atoms with van der Waals surface area (Å²) < 4.78 is 10.5. The van der Waals surface area contributed by atoms with Gasteiger partial charge in [-0.05, 0) is 43.0 Å². The maximum absolute atomic E-state index is 8.41. The fourth-order valence-electron chi connectivity index (χ4n) is 2.00. The minimum Gasteiger partial charge on any atom is -0.479 e. The molecule has 4 heteroatoms. The third kappa shape index (κ3) is 3.94.